The van der Waals surface area contributed by atoms with Crippen molar-refractivity contribution in [2.75, 3.05) is 6.54 Å². The lowest BCUT2D eigenvalue weighted by atomic mass is 10.2. The minimum atomic E-state index is -0.343. The zero-order chi connectivity index (χ0) is 14.8. The Labute approximate surface area is 124 Å². The van der Waals surface area contributed by atoms with Crippen LogP contribution in [0.15, 0.2) is 36.0 Å². The number of amides is 1. The molecule has 1 amide bonds. The minimum absolute atomic E-state index is 0.0788. The second-order valence-corrected chi connectivity index (χ2v) is 4.72. The fourth-order valence-electron chi connectivity index (χ4n) is 1.50. The van der Waals surface area contributed by atoms with E-state index < -0.39 is 0 Å². The third kappa shape index (κ3) is 5.77. The molecule has 0 atom stereocenters. The Morgan fingerprint density at radius 3 is 2.70 bits per heavy atom. The summed E-state index contributed by atoms with van der Waals surface area (Å²) in [5.74, 6) is -0.343. The van der Waals surface area contributed by atoms with E-state index in [1.54, 1.807) is 12.1 Å². The fraction of sp³-hybridized carbons (Fsp3) is 0.333. The van der Waals surface area contributed by atoms with E-state index in [0.29, 0.717) is 18.1 Å². The molecule has 0 aliphatic rings. The number of carbonyl (C=O) groups excluding carboxylic acids is 1. The van der Waals surface area contributed by atoms with Crippen molar-refractivity contribution in [2.45, 2.75) is 26.3 Å². The number of nitriles is 1. The molecular weight excluding hydrogens is 274 g/mol. The average Bonchev–Trinajstić information content (AvgIpc) is 2.45. The highest BCUT2D eigenvalue weighted by molar-refractivity contribution is 6.30. The van der Waals surface area contributed by atoms with Crippen LogP contribution in [0.1, 0.15) is 25.3 Å². The average molecular weight is 292 g/mol. The summed E-state index contributed by atoms with van der Waals surface area (Å²) in [5.41, 5.74) is 1.10. The molecule has 2 N–H and O–H groups in total. The van der Waals surface area contributed by atoms with Gasteiger partial charge in [-0.15, -0.1) is 0 Å². The van der Waals surface area contributed by atoms with Gasteiger partial charge in [-0.25, -0.2) is 0 Å². The Kier molecular flexibility index (Phi) is 7.23. The first kappa shape index (κ1) is 16.1. The fourth-order valence-corrected chi connectivity index (χ4v) is 1.62. The van der Waals surface area contributed by atoms with E-state index in [4.69, 9.17) is 16.9 Å². The second kappa shape index (κ2) is 9.00. The van der Waals surface area contributed by atoms with Crippen LogP contribution in [0, 0.1) is 11.3 Å². The van der Waals surface area contributed by atoms with E-state index >= 15 is 0 Å². The molecule has 106 valence electrons. The first-order chi connectivity index (χ1) is 9.67. The predicted octanol–water partition coefficient (Wildman–Crippen LogP) is 2.75. The van der Waals surface area contributed by atoms with Crippen LogP contribution in [-0.4, -0.2) is 12.5 Å². The van der Waals surface area contributed by atoms with Gasteiger partial charge >= 0.3 is 0 Å². The summed E-state index contributed by atoms with van der Waals surface area (Å²) in [5, 5.41) is 15.3. The monoisotopic (exact) mass is 291 g/mol. The summed E-state index contributed by atoms with van der Waals surface area (Å²) in [7, 11) is 0. The highest BCUT2D eigenvalue weighted by atomic mass is 35.5. The van der Waals surface area contributed by atoms with Crippen molar-refractivity contribution < 1.29 is 4.79 Å². The molecular formula is C15H18ClN3O. The van der Waals surface area contributed by atoms with Gasteiger partial charge in [0.2, 0.25) is 0 Å². The van der Waals surface area contributed by atoms with Crippen molar-refractivity contribution in [1.29, 1.82) is 5.26 Å². The van der Waals surface area contributed by atoms with Crippen LogP contribution in [0.5, 0.6) is 0 Å². The largest absolute Gasteiger partial charge is 0.386 e. The third-order valence-corrected chi connectivity index (χ3v) is 2.90. The van der Waals surface area contributed by atoms with Crippen molar-refractivity contribution in [3.8, 4) is 6.07 Å². The first-order valence-corrected chi connectivity index (χ1v) is 6.91. The number of hydrogen-bond donors (Lipinski definition) is 2. The normalized spacial score (nSPS) is 10.8. The molecule has 1 aromatic rings. The predicted molar refractivity (Wildman–Crippen MR) is 79.9 cm³/mol. The van der Waals surface area contributed by atoms with Crippen molar-refractivity contribution in [2.24, 2.45) is 0 Å². The summed E-state index contributed by atoms with van der Waals surface area (Å²) in [6.45, 7) is 3.16. The van der Waals surface area contributed by atoms with Gasteiger partial charge in [-0.2, -0.15) is 5.26 Å². The van der Waals surface area contributed by atoms with E-state index in [-0.39, 0.29) is 11.5 Å². The lowest BCUT2D eigenvalue weighted by Crippen LogP contribution is -2.26. The smallest absolute Gasteiger partial charge is 0.263 e. The van der Waals surface area contributed by atoms with Crippen LogP contribution >= 0.6 is 11.6 Å². The minimum Gasteiger partial charge on any atom is -0.386 e. The summed E-state index contributed by atoms with van der Waals surface area (Å²) in [6.07, 6.45) is 3.35. The number of benzene rings is 1. The molecule has 0 unspecified atom stereocenters. The van der Waals surface area contributed by atoms with E-state index in [9.17, 15) is 4.79 Å². The zero-order valence-corrected chi connectivity index (χ0v) is 12.2. The molecule has 0 heterocycles. The molecule has 4 nitrogen and oxygen atoms in total. The van der Waals surface area contributed by atoms with Crippen LogP contribution in [0.3, 0.4) is 0 Å². The Hall–Kier alpha value is -1.99. The molecule has 0 aliphatic carbocycles. The molecule has 1 aromatic carbocycles. The molecule has 0 aliphatic heterocycles. The lowest BCUT2D eigenvalue weighted by molar-refractivity contribution is -0.117. The first-order valence-electron chi connectivity index (χ1n) is 6.53. The Morgan fingerprint density at radius 2 is 2.10 bits per heavy atom. The molecule has 5 heteroatoms. The number of unbranched alkanes of at least 4 members (excludes halogenated alkanes) is 1. The summed E-state index contributed by atoms with van der Waals surface area (Å²) >= 11 is 5.79. The number of halogens is 1. The molecule has 20 heavy (non-hydrogen) atoms. The van der Waals surface area contributed by atoms with Crippen LogP contribution in [-0.2, 0) is 11.3 Å². The number of carbonyl (C=O) groups is 1. The summed E-state index contributed by atoms with van der Waals surface area (Å²) in [4.78, 5) is 11.7. The van der Waals surface area contributed by atoms with Gasteiger partial charge < -0.3 is 10.6 Å². The van der Waals surface area contributed by atoms with Gasteiger partial charge in [0.25, 0.3) is 5.91 Å². The second-order valence-electron chi connectivity index (χ2n) is 4.29. The van der Waals surface area contributed by atoms with Crippen LogP contribution in [0.2, 0.25) is 5.02 Å². The van der Waals surface area contributed by atoms with E-state index in [0.717, 1.165) is 18.4 Å². The van der Waals surface area contributed by atoms with Crippen LogP contribution in [0.4, 0.5) is 0 Å². The maximum Gasteiger partial charge on any atom is 0.263 e. The van der Waals surface area contributed by atoms with Gasteiger partial charge in [-0.3, -0.25) is 4.79 Å². The van der Waals surface area contributed by atoms with Gasteiger partial charge in [-0.05, 0) is 24.1 Å². The highest BCUT2D eigenvalue weighted by Gasteiger charge is 2.07. The number of nitrogens with zero attached hydrogens (tertiary/aromatic N) is 1. The highest BCUT2D eigenvalue weighted by Crippen LogP contribution is 2.09. The van der Waals surface area contributed by atoms with Gasteiger partial charge in [0.05, 0.1) is 0 Å². The standard InChI is InChI=1S/C15H18ClN3O/c1-2-3-8-19-15(20)13(9-17)11-18-10-12-4-6-14(16)7-5-12/h4-7,11,18H,2-3,8,10H2,1H3,(H,19,20)/b13-11-. The van der Waals surface area contributed by atoms with Gasteiger partial charge in [0.1, 0.15) is 11.6 Å². The van der Waals surface area contributed by atoms with Crippen molar-refractivity contribution in [1.82, 2.24) is 10.6 Å². The van der Waals surface area contributed by atoms with Crippen molar-refractivity contribution >= 4 is 17.5 Å². The van der Waals surface area contributed by atoms with E-state index in [2.05, 4.69) is 10.6 Å². The molecule has 1 rings (SSSR count). The Morgan fingerprint density at radius 1 is 1.40 bits per heavy atom. The van der Waals surface area contributed by atoms with Gasteiger partial charge in [0.15, 0.2) is 0 Å². The third-order valence-electron chi connectivity index (χ3n) is 2.65. The van der Waals surface area contributed by atoms with E-state index in [1.165, 1.54) is 6.20 Å². The van der Waals surface area contributed by atoms with E-state index in [1.807, 2.05) is 25.1 Å². The molecule has 0 bridgehead atoms. The van der Waals surface area contributed by atoms with Crippen molar-refractivity contribution in [3.05, 3.63) is 46.6 Å². The summed E-state index contributed by atoms with van der Waals surface area (Å²) < 4.78 is 0. The maximum absolute atomic E-state index is 11.7. The quantitative estimate of drug-likeness (QED) is 0.461. The van der Waals surface area contributed by atoms with Gasteiger partial charge in [-0.1, -0.05) is 37.1 Å². The zero-order valence-electron chi connectivity index (χ0n) is 11.4. The topological polar surface area (TPSA) is 64.9 Å². The number of nitrogens with one attached hydrogen (secondary N) is 2. The summed E-state index contributed by atoms with van der Waals surface area (Å²) in [6, 6.07) is 9.25. The molecule has 0 spiro atoms. The van der Waals surface area contributed by atoms with Gasteiger partial charge in [0, 0.05) is 24.3 Å². The molecule has 0 fully saturated rings. The molecule has 0 radical (unpaired) electrons. The number of rotatable bonds is 7. The number of hydrogen-bond acceptors (Lipinski definition) is 3. The Balaban J connectivity index is 2.47. The van der Waals surface area contributed by atoms with Crippen LogP contribution in [0.25, 0.3) is 0 Å². The molecule has 0 aromatic heterocycles. The Bertz CT molecular complexity index is 503. The van der Waals surface area contributed by atoms with Crippen LogP contribution < -0.4 is 10.6 Å². The molecule has 0 saturated heterocycles. The lowest BCUT2D eigenvalue weighted by Gasteiger charge is -2.04. The maximum atomic E-state index is 11.7. The molecule has 0 saturated carbocycles. The van der Waals surface area contributed by atoms with Crippen molar-refractivity contribution in [3.63, 3.8) is 0 Å². The SMILES string of the molecule is CCCCNC(=O)/C(C#N)=C\NCc1ccc(Cl)cc1.